The maximum Gasteiger partial charge on any atom is 0.319 e. The molecule has 0 bridgehead atoms. The minimum absolute atomic E-state index is 0.166. The number of rotatable bonds is 13. The number of carbonyl (C=O) groups is 4. The largest absolute Gasteiger partial charge is 0.482 e. The SMILES string of the molecule is Cc1cc(C)cc(N(C)C(=O)COc2ccccc2N(CCC2CCCC2)C(=O)CNC(=O)Nc2cccc(CC(=O)O)c2)c1. The molecule has 4 amide bonds. The summed E-state index contributed by atoms with van der Waals surface area (Å²) in [6.45, 7) is 3.93. The van der Waals surface area contributed by atoms with Gasteiger partial charge in [0.05, 0.1) is 18.7 Å². The fourth-order valence-corrected chi connectivity index (χ4v) is 5.68. The van der Waals surface area contributed by atoms with Crippen LogP contribution in [0.1, 0.15) is 48.8 Å². The predicted octanol–water partition coefficient (Wildman–Crippen LogP) is 5.71. The average Bonchev–Trinajstić information content (AvgIpc) is 3.52. The normalized spacial score (nSPS) is 12.8. The quantitative estimate of drug-likeness (QED) is 0.226. The number of nitrogens with one attached hydrogen (secondary N) is 2. The van der Waals surface area contributed by atoms with Crippen LogP contribution in [0.25, 0.3) is 0 Å². The molecule has 0 atom stereocenters. The zero-order chi connectivity index (χ0) is 32.3. The van der Waals surface area contributed by atoms with Crippen molar-refractivity contribution < 1.29 is 29.0 Å². The number of carboxylic acid groups (broad SMARTS) is 1. The molecule has 1 aliphatic carbocycles. The van der Waals surface area contributed by atoms with Crippen LogP contribution in [0.2, 0.25) is 0 Å². The topological polar surface area (TPSA) is 128 Å². The molecule has 0 aliphatic heterocycles. The van der Waals surface area contributed by atoms with E-state index in [4.69, 9.17) is 9.84 Å². The van der Waals surface area contributed by atoms with Gasteiger partial charge in [0.2, 0.25) is 5.91 Å². The molecule has 0 saturated heterocycles. The Bertz CT molecular complexity index is 1500. The second-order valence-electron chi connectivity index (χ2n) is 11.6. The molecule has 10 nitrogen and oxygen atoms in total. The summed E-state index contributed by atoms with van der Waals surface area (Å²) >= 11 is 0. The van der Waals surface area contributed by atoms with E-state index in [0.29, 0.717) is 35.2 Å². The summed E-state index contributed by atoms with van der Waals surface area (Å²) in [6.07, 6.45) is 5.27. The molecular formula is C35H42N4O6. The number of hydrogen-bond donors (Lipinski definition) is 3. The maximum absolute atomic E-state index is 13.6. The average molecular weight is 615 g/mol. The minimum atomic E-state index is -0.970. The predicted molar refractivity (Wildman–Crippen MR) is 175 cm³/mol. The number of nitrogens with zero attached hydrogens (tertiary/aromatic N) is 2. The van der Waals surface area contributed by atoms with Crippen LogP contribution in [-0.4, -0.2) is 55.7 Å². The van der Waals surface area contributed by atoms with E-state index in [0.717, 1.165) is 36.1 Å². The Hall–Kier alpha value is -4.86. The summed E-state index contributed by atoms with van der Waals surface area (Å²) in [6, 6.07) is 19.0. The van der Waals surface area contributed by atoms with Crippen molar-refractivity contribution in [2.24, 2.45) is 5.92 Å². The van der Waals surface area contributed by atoms with Gasteiger partial charge >= 0.3 is 12.0 Å². The molecule has 3 aromatic rings. The number of carbonyl (C=O) groups excluding carboxylic acids is 3. The lowest BCUT2D eigenvalue weighted by Gasteiger charge is -2.27. The third-order valence-electron chi connectivity index (χ3n) is 7.95. The number of ether oxygens (including phenoxy) is 1. The Morgan fingerprint density at radius 3 is 2.33 bits per heavy atom. The first-order valence-corrected chi connectivity index (χ1v) is 15.3. The lowest BCUT2D eigenvalue weighted by molar-refractivity contribution is -0.136. The van der Waals surface area contributed by atoms with Crippen LogP contribution in [0.4, 0.5) is 21.9 Å². The summed E-state index contributed by atoms with van der Waals surface area (Å²) in [7, 11) is 1.71. The molecule has 3 N–H and O–H groups in total. The van der Waals surface area contributed by atoms with Crippen molar-refractivity contribution >= 4 is 40.9 Å². The minimum Gasteiger partial charge on any atom is -0.482 e. The molecule has 0 spiro atoms. The highest BCUT2D eigenvalue weighted by Gasteiger charge is 2.24. The van der Waals surface area contributed by atoms with Crippen LogP contribution >= 0.6 is 0 Å². The fourth-order valence-electron chi connectivity index (χ4n) is 5.68. The fraction of sp³-hybridized carbons (Fsp3) is 0.371. The van der Waals surface area contributed by atoms with Crippen LogP contribution in [0.15, 0.2) is 66.7 Å². The number of amides is 4. The van der Waals surface area contributed by atoms with Crippen LogP contribution in [0.5, 0.6) is 5.75 Å². The van der Waals surface area contributed by atoms with Crippen molar-refractivity contribution in [3.05, 3.63) is 83.4 Å². The van der Waals surface area contributed by atoms with Crippen LogP contribution in [0.3, 0.4) is 0 Å². The van der Waals surface area contributed by atoms with E-state index in [2.05, 4.69) is 10.6 Å². The summed E-state index contributed by atoms with van der Waals surface area (Å²) in [5.74, 6) is -0.598. The van der Waals surface area contributed by atoms with Gasteiger partial charge in [0.15, 0.2) is 6.61 Å². The number of carboxylic acids is 1. The maximum atomic E-state index is 13.6. The van der Waals surface area contributed by atoms with E-state index < -0.39 is 12.0 Å². The zero-order valence-corrected chi connectivity index (χ0v) is 26.2. The van der Waals surface area contributed by atoms with Gasteiger partial charge in [-0.3, -0.25) is 14.4 Å². The Balaban J connectivity index is 1.44. The van der Waals surface area contributed by atoms with Crippen molar-refractivity contribution in [3.8, 4) is 5.75 Å². The molecule has 4 rings (SSSR count). The van der Waals surface area contributed by atoms with Crippen LogP contribution < -0.4 is 25.2 Å². The number of aryl methyl sites for hydroxylation is 2. The van der Waals surface area contributed by atoms with Gasteiger partial charge in [0.1, 0.15) is 5.75 Å². The molecule has 0 aromatic heterocycles. The molecule has 238 valence electrons. The Labute approximate surface area is 264 Å². The third kappa shape index (κ3) is 9.82. The molecule has 1 saturated carbocycles. The van der Waals surface area contributed by atoms with Gasteiger partial charge < -0.3 is 30.3 Å². The first kappa shape index (κ1) is 33.0. The van der Waals surface area contributed by atoms with E-state index in [1.54, 1.807) is 59.3 Å². The molecule has 0 heterocycles. The number of anilines is 3. The Morgan fingerprint density at radius 1 is 0.911 bits per heavy atom. The van der Waals surface area contributed by atoms with E-state index in [1.165, 1.54) is 12.8 Å². The van der Waals surface area contributed by atoms with Crippen molar-refractivity contribution in [2.75, 3.05) is 41.9 Å². The first-order valence-electron chi connectivity index (χ1n) is 15.3. The standard InChI is InChI=1S/C35H42N4O6/c1-24-17-25(2)19-29(18-24)38(3)33(41)23-45-31-14-7-6-13-30(31)39(16-15-26-9-4-5-10-26)32(40)22-36-35(44)37-28-12-8-11-27(20-28)21-34(42)43/h6-8,11-14,17-20,26H,4-5,9-10,15-16,21-23H2,1-3H3,(H,42,43)(H2,36,37,44). The number of likely N-dealkylation sites (N-methyl/N-ethyl adjacent to an activating group) is 1. The van der Waals surface area contributed by atoms with Crippen molar-refractivity contribution in [1.29, 1.82) is 0 Å². The second-order valence-corrected chi connectivity index (χ2v) is 11.6. The van der Waals surface area contributed by atoms with Gasteiger partial charge in [0, 0.05) is 25.0 Å². The van der Waals surface area contributed by atoms with E-state index >= 15 is 0 Å². The lowest BCUT2D eigenvalue weighted by atomic mass is 10.0. The van der Waals surface area contributed by atoms with Crippen molar-refractivity contribution in [3.63, 3.8) is 0 Å². The zero-order valence-electron chi connectivity index (χ0n) is 26.2. The highest BCUT2D eigenvalue weighted by atomic mass is 16.5. The lowest BCUT2D eigenvalue weighted by Crippen LogP contribution is -2.42. The molecule has 1 aliphatic rings. The second kappa shape index (κ2) is 15.7. The summed E-state index contributed by atoms with van der Waals surface area (Å²) in [5.41, 5.74) is 4.39. The third-order valence-corrected chi connectivity index (χ3v) is 7.95. The summed E-state index contributed by atoms with van der Waals surface area (Å²) in [5, 5.41) is 14.3. The van der Waals surface area contributed by atoms with Gasteiger partial charge in [-0.15, -0.1) is 0 Å². The smallest absolute Gasteiger partial charge is 0.319 e. The molecule has 3 aromatic carbocycles. The summed E-state index contributed by atoms with van der Waals surface area (Å²) < 4.78 is 6.02. The molecule has 0 radical (unpaired) electrons. The van der Waals surface area contributed by atoms with Gasteiger partial charge in [-0.25, -0.2) is 4.79 Å². The van der Waals surface area contributed by atoms with Gasteiger partial charge in [0.25, 0.3) is 5.91 Å². The number of aliphatic carboxylic acids is 1. The molecule has 45 heavy (non-hydrogen) atoms. The van der Waals surface area contributed by atoms with Crippen LogP contribution in [-0.2, 0) is 20.8 Å². The molecular weight excluding hydrogens is 572 g/mol. The van der Waals surface area contributed by atoms with Gasteiger partial charge in [-0.2, -0.15) is 0 Å². The first-order chi connectivity index (χ1) is 21.6. The monoisotopic (exact) mass is 614 g/mol. The number of para-hydroxylation sites is 2. The van der Waals surface area contributed by atoms with E-state index in [9.17, 15) is 19.2 Å². The van der Waals surface area contributed by atoms with Gasteiger partial charge in [-0.05, 0) is 79.3 Å². The molecule has 10 heteroatoms. The van der Waals surface area contributed by atoms with E-state index in [1.807, 2.05) is 38.1 Å². The number of urea groups is 1. The highest BCUT2D eigenvalue weighted by Crippen LogP contribution is 2.32. The Kier molecular flexibility index (Phi) is 11.6. The van der Waals surface area contributed by atoms with E-state index in [-0.39, 0.29) is 31.4 Å². The highest BCUT2D eigenvalue weighted by molar-refractivity contribution is 5.99. The molecule has 0 unspecified atom stereocenters. The molecule has 1 fully saturated rings. The van der Waals surface area contributed by atoms with Crippen LogP contribution in [0, 0.1) is 19.8 Å². The number of benzene rings is 3. The van der Waals surface area contributed by atoms with Gasteiger partial charge in [-0.1, -0.05) is 56.0 Å². The number of hydrogen-bond acceptors (Lipinski definition) is 5. The van der Waals surface area contributed by atoms with Crippen molar-refractivity contribution in [2.45, 2.75) is 52.4 Å². The Morgan fingerprint density at radius 2 is 1.62 bits per heavy atom. The van der Waals surface area contributed by atoms with Crippen molar-refractivity contribution in [1.82, 2.24) is 5.32 Å². The summed E-state index contributed by atoms with van der Waals surface area (Å²) in [4.78, 5) is 53.6.